The van der Waals surface area contributed by atoms with Crippen molar-refractivity contribution in [3.05, 3.63) is 65.7 Å². The van der Waals surface area contributed by atoms with Crippen LogP contribution >= 0.6 is 0 Å². The third kappa shape index (κ3) is 4.92. The van der Waals surface area contributed by atoms with Crippen LogP contribution in [0.3, 0.4) is 0 Å². The van der Waals surface area contributed by atoms with Gasteiger partial charge in [-0.3, -0.25) is 14.5 Å². The van der Waals surface area contributed by atoms with Gasteiger partial charge < -0.3 is 5.32 Å². The van der Waals surface area contributed by atoms with Crippen molar-refractivity contribution in [1.82, 2.24) is 4.90 Å². The number of carbonyl (C=O) groups excluding carboxylic acids is 2. The third-order valence-electron chi connectivity index (χ3n) is 8.04. The number of fused-ring (bicyclic) bond motifs is 1. The number of nitrogens with one attached hydrogen (secondary N) is 1. The second-order valence-corrected chi connectivity index (χ2v) is 10.4. The predicted octanol–water partition coefficient (Wildman–Crippen LogP) is 5.60. The summed E-state index contributed by atoms with van der Waals surface area (Å²) in [6.45, 7) is 2.82. The quantitative estimate of drug-likeness (QED) is 0.551. The largest absolute Gasteiger partial charge is 0.326 e. The van der Waals surface area contributed by atoms with Crippen LogP contribution in [0.5, 0.6) is 0 Å². The minimum Gasteiger partial charge on any atom is -0.326 e. The molecule has 1 N–H and O–H groups in total. The minimum atomic E-state index is -2.96. The second kappa shape index (κ2) is 9.21. The maximum absolute atomic E-state index is 13.5. The number of Topliss-reactive ketones (excluding diaryl/α,β-unsaturated/α-hetero) is 1. The van der Waals surface area contributed by atoms with Crippen LogP contribution in [0.2, 0.25) is 0 Å². The summed E-state index contributed by atoms with van der Waals surface area (Å²) < 4.78 is 27.0. The maximum Gasteiger partial charge on any atom is 0.270 e. The van der Waals surface area contributed by atoms with Gasteiger partial charge in [0.2, 0.25) is 5.91 Å². The first-order chi connectivity index (χ1) is 16.3. The zero-order chi connectivity index (χ0) is 23.9. The van der Waals surface area contributed by atoms with Crippen molar-refractivity contribution in [2.45, 2.75) is 56.9 Å². The molecule has 180 valence electrons. The Labute approximate surface area is 199 Å². The fourth-order valence-electron chi connectivity index (χ4n) is 6.15. The minimum absolute atomic E-state index is 0.0899. The number of rotatable bonds is 8. The van der Waals surface area contributed by atoms with E-state index in [1.807, 2.05) is 0 Å². The van der Waals surface area contributed by atoms with Crippen LogP contribution in [-0.4, -0.2) is 35.7 Å². The highest BCUT2D eigenvalue weighted by Crippen LogP contribution is 2.54. The lowest BCUT2D eigenvalue weighted by atomic mass is 9.97. The normalized spacial score (nSPS) is 28.5. The van der Waals surface area contributed by atoms with Crippen molar-refractivity contribution in [2.24, 2.45) is 17.8 Å². The summed E-state index contributed by atoms with van der Waals surface area (Å²) >= 11 is 0. The van der Waals surface area contributed by atoms with E-state index in [2.05, 4.69) is 40.5 Å². The average molecular weight is 467 g/mol. The Bertz CT molecular complexity index is 1040. The van der Waals surface area contributed by atoms with Gasteiger partial charge in [-0.1, -0.05) is 42.5 Å². The summed E-state index contributed by atoms with van der Waals surface area (Å²) in [5.74, 6) is -1.48. The molecule has 1 heterocycles. The standard InChI is InChI=1S/C28H32F2N2O2/c1-28(29,30)20-8-5-9-21(15-20)31-26(34)13-12-25(33)27-23-16-32(17-24(23)27)22-11-10-19(14-22)18-6-3-2-4-7-18/h2-9,15,19,22-24,27H,10-14,16-17H2,1H3,(H,31,34)/t19-,22?,23-,24+,27?/m1/s1. The maximum atomic E-state index is 13.5. The Balaban J connectivity index is 1.05. The van der Waals surface area contributed by atoms with Gasteiger partial charge in [-0.15, -0.1) is 0 Å². The van der Waals surface area contributed by atoms with E-state index in [0.717, 1.165) is 20.0 Å². The molecule has 1 aliphatic heterocycles. The molecule has 5 atom stereocenters. The number of benzene rings is 2. The lowest BCUT2D eigenvalue weighted by Gasteiger charge is -2.26. The number of hydrogen-bond acceptors (Lipinski definition) is 3. The van der Waals surface area contributed by atoms with Crippen molar-refractivity contribution in [1.29, 1.82) is 0 Å². The van der Waals surface area contributed by atoms with Gasteiger partial charge in [0.15, 0.2) is 0 Å². The van der Waals surface area contributed by atoms with E-state index in [4.69, 9.17) is 0 Å². The Morgan fingerprint density at radius 1 is 1.00 bits per heavy atom. The summed E-state index contributed by atoms with van der Waals surface area (Å²) in [4.78, 5) is 27.6. The van der Waals surface area contributed by atoms with Gasteiger partial charge in [0.1, 0.15) is 5.78 Å². The fraction of sp³-hybridized carbons (Fsp3) is 0.500. The van der Waals surface area contributed by atoms with E-state index in [9.17, 15) is 18.4 Å². The van der Waals surface area contributed by atoms with Gasteiger partial charge in [0, 0.05) is 56.1 Å². The number of halogens is 2. The predicted molar refractivity (Wildman–Crippen MR) is 128 cm³/mol. The van der Waals surface area contributed by atoms with Crippen molar-refractivity contribution in [2.75, 3.05) is 18.4 Å². The monoisotopic (exact) mass is 466 g/mol. The summed E-state index contributed by atoms with van der Waals surface area (Å²) in [5.41, 5.74) is 1.63. The molecule has 6 heteroatoms. The van der Waals surface area contributed by atoms with E-state index >= 15 is 0 Å². The van der Waals surface area contributed by atoms with Crippen LogP contribution in [0.15, 0.2) is 54.6 Å². The molecule has 34 heavy (non-hydrogen) atoms. The molecule has 4 nitrogen and oxygen atoms in total. The first-order valence-corrected chi connectivity index (χ1v) is 12.4. The van der Waals surface area contributed by atoms with Crippen molar-refractivity contribution in [3.63, 3.8) is 0 Å². The molecule has 2 aliphatic carbocycles. The molecule has 0 aromatic heterocycles. The topological polar surface area (TPSA) is 49.4 Å². The summed E-state index contributed by atoms with van der Waals surface area (Å²) in [7, 11) is 0. The molecule has 0 spiro atoms. The van der Waals surface area contributed by atoms with Crippen LogP contribution < -0.4 is 5.32 Å². The molecule has 3 aliphatic rings. The van der Waals surface area contributed by atoms with Crippen LogP contribution in [-0.2, 0) is 15.5 Å². The Morgan fingerprint density at radius 3 is 2.44 bits per heavy atom. The first kappa shape index (κ1) is 23.2. The lowest BCUT2D eigenvalue weighted by molar-refractivity contribution is -0.124. The van der Waals surface area contributed by atoms with Crippen LogP contribution in [0, 0.1) is 17.8 Å². The molecule has 2 aromatic rings. The van der Waals surface area contributed by atoms with Gasteiger partial charge >= 0.3 is 0 Å². The fourth-order valence-corrected chi connectivity index (χ4v) is 6.15. The summed E-state index contributed by atoms with van der Waals surface area (Å²) in [6, 6.07) is 17.1. The molecule has 1 saturated heterocycles. The number of likely N-dealkylation sites (tertiary alicyclic amines) is 1. The molecule has 3 fully saturated rings. The van der Waals surface area contributed by atoms with Crippen LogP contribution in [0.4, 0.5) is 14.5 Å². The Kier molecular flexibility index (Phi) is 6.28. The highest BCUT2D eigenvalue weighted by Gasteiger charge is 2.59. The van der Waals surface area contributed by atoms with E-state index in [1.54, 1.807) is 6.07 Å². The molecular weight excluding hydrogens is 434 g/mol. The van der Waals surface area contributed by atoms with E-state index in [-0.39, 0.29) is 36.0 Å². The highest BCUT2D eigenvalue weighted by molar-refractivity contribution is 5.94. The number of carbonyl (C=O) groups is 2. The van der Waals surface area contributed by atoms with Crippen molar-refractivity contribution in [3.8, 4) is 0 Å². The smallest absolute Gasteiger partial charge is 0.270 e. The number of nitrogens with zero attached hydrogens (tertiary/aromatic N) is 1. The number of anilines is 1. The molecule has 5 rings (SSSR count). The van der Waals surface area contributed by atoms with Gasteiger partial charge in [0.25, 0.3) is 5.92 Å². The van der Waals surface area contributed by atoms with Crippen molar-refractivity contribution < 1.29 is 18.4 Å². The summed E-state index contributed by atoms with van der Waals surface area (Å²) in [5, 5.41) is 2.65. The third-order valence-corrected chi connectivity index (χ3v) is 8.04. The lowest BCUT2D eigenvalue weighted by Crippen LogP contribution is -2.34. The van der Waals surface area contributed by atoms with Gasteiger partial charge in [-0.25, -0.2) is 8.78 Å². The van der Waals surface area contributed by atoms with Gasteiger partial charge in [-0.2, -0.15) is 0 Å². The first-order valence-electron chi connectivity index (χ1n) is 12.4. The molecular formula is C28H32F2N2O2. The van der Waals surface area contributed by atoms with Crippen molar-refractivity contribution >= 4 is 17.4 Å². The molecule has 1 amide bonds. The molecule has 0 bridgehead atoms. The van der Waals surface area contributed by atoms with Crippen LogP contribution in [0.25, 0.3) is 0 Å². The van der Waals surface area contributed by atoms with E-state index in [1.165, 1.54) is 43.0 Å². The second-order valence-electron chi connectivity index (χ2n) is 10.4. The molecule has 2 aromatic carbocycles. The van der Waals surface area contributed by atoms with Gasteiger partial charge in [0.05, 0.1) is 0 Å². The molecule has 2 saturated carbocycles. The van der Waals surface area contributed by atoms with Crippen LogP contribution in [0.1, 0.15) is 56.1 Å². The Morgan fingerprint density at radius 2 is 1.74 bits per heavy atom. The highest BCUT2D eigenvalue weighted by atomic mass is 19.3. The number of alkyl halides is 2. The number of hydrogen-bond donors (Lipinski definition) is 1. The zero-order valence-corrected chi connectivity index (χ0v) is 19.6. The summed E-state index contributed by atoms with van der Waals surface area (Å²) in [6.07, 6.45) is 3.96. The molecule has 0 radical (unpaired) electrons. The number of amides is 1. The van der Waals surface area contributed by atoms with Gasteiger partial charge in [-0.05, 0) is 54.7 Å². The van der Waals surface area contributed by atoms with E-state index in [0.29, 0.717) is 29.5 Å². The van der Waals surface area contributed by atoms with E-state index < -0.39 is 5.92 Å². The average Bonchev–Trinajstić information content (AvgIpc) is 3.17. The zero-order valence-electron chi connectivity index (χ0n) is 19.6. The number of ketones is 1. The molecule has 2 unspecified atom stereocenters. The SMILES string of the molecule is CC(F)(F)c1cccc(NC(=O)CCC(=O)C2[C@H]3CN(C4CC[C@@H](c5ccccc5)C4)C[C@@H]23)c1. The number of piperidine rings is 1. The Hall–Kier alpha value is -2.60.